The number of hydrogen-bond acceptors (Lipinski definition) is 4. The molecule has 2 N–H and O–H groups in total. The fourth-order valence-electron chi connectivity index (χ4n) is 1.07. The Hall–Kier alpha value is -1.10. The number of rotatable bonds is 4. The molecule has 0 aromatic carbocycles. The predicted octanol–water partition coefficient (Wildman–Crippen LogP) is 2.69. The Morgan fingerprint density at radius 1 is 1.60 bits per heavy atom. The van der Waals surface area contributed by atoms with Crippen LogP contribution >= 0.6 is 11.3 Å². The normalized spacial score (nSPS) is 11.4. The van der Waals surface area contributed by atoms with E-state index in [4.69, 9.17) is 5.11 Å². The van der Waals surface area contributed by atoms with Crippen molar-refractivity contribution in [1.29, 1.82) is 0 Å². The van der Waals surface area contributed by atoms with E-state index in [1.807, 2.05) is 0 Å². The molecule has 0 bridgehead atoms. The van der Waals surface area contributed by atoms with E-state index >= 15 is 0 Å². The van der Waals surface area contributed by atoms with Crippen molar-refractivity contribution in [2.45, 2.75) is 27.2 Å². The largest absolute Gasteiger partial charge is 0.476 e. The van der Waals surface area contributed by atoms with Crippen molar-refractivity contribution in [3.8, 4) is 0 Å². The van der Waals surface area contributed by atoms with Crippen LogP contribution in [0.5, 0.6) is 0 Å². The molecule has 15 heavy (non-hydrogen) atoms. The van der Waals surface area contributed by atoms with E-state index in [-0.39, 0.29) is 11.1 Å². The van der Waals surface area contributed by atoms with Crippen molar-refractivity contribution < 1.29 is 9.90 Å². The number of carbonyl (C=O) groups is 1. The fraction of sp³-hybridized carbons (Fsp3) is 0.600. The van der Waals surface area contributed by atoms with Gasteiger partial charge >= 0.3 is 5.97 Å². The minimum Gasteiger partial charge on any atom is -0.476 e. The summed E-state index contributed by atoms with van der Waals surface area (Å²) in [4.78, 5) is 14.5. The summed E-state index contributed by atoms with van der Waals surface area (Å²) in [6.45, 7) is 7.23. The van der Waals surface area contributed by atoms with E-state index in [0.717, 1.165) is 13.0 Å². The molecule has 1 heterocycles. The van der Waals surface area contributed by atoms with Gasteiger partial charge < -0.3 is 10.4 Å². The molecule has 1 aromatic rings. The van der Waals surface area contributed by atoms with Gasteiger partial charge in [-0.3, -0.25) is 0 Å². The lowest BCUT2D eigenvalue weighted by atomic mass is 9.92. The van der Waals surface area contributed by atoms with Crippen LogP contribution in [0, 0.1) is 5.41 Å². The number of carboxylic acid groups (broad SMARTS) is 1. The highest BCUT2D eigenvalue weighted by molar-refractivity contribution is 7.14. The van der Waals surface area contributed by atoms with E-state index in [1.54, 1.807) is 5.51 Å². The molecule has 1 rings (SSSR count). The summed E-state index contributed by atoms with van der Waals surface area (Å²) in [5.41, 5.74) is 1.91. The number of carboxylic acids is 1. The molecule has 0 unspecified atom stereocenters. The van der Waals surface area contributed by atoms with Gasteiger partial charge in [0.1, 0.15) is 5.00 Å². The van der Waals surface area contributed by atoms with Gasteiger partial charge in [0.05, 0.1) is 5.51 Å². The molecule has 0 aliphatic rings. The zero-order valence-electron chi connectivity index (χ0n) is 9.20. The molecule has 84 valence electrons. The van der Waals surface area contributed by atoms with Crippen LogP contribution in [0.4, 0.5) is 5.00 Å². The minimum atomic E-state index is -0.977. The number of anilines is 1. The third kappa shape index (κ3) is 3.87. The van der Waals surface area contributed by atoms with Gasteiger partial charge in [-0.1, -0.05) is 20.8 Å². The van der Waals surface area contributed by atoms with Crippen LogP contribution in [0.3, 0.4) is 0 Å². The fourth-order valence-corrected chi connectivity index (χ4v) is 1.78. The van der Waals surface area contributed by atoms with Crippen LogP contribution in [0.15, 0.2) is 5.51 Å². The molecular weight excluding hydrogens is 212 g/mol. The first kappa shape index (κ1) is 12.0. The van der Waals surface area contributed by atoms with Crippen molar-refractivity contribution in [2.24, 2.45) is 5.41 Å². The molecule has 0 atom stereocenters. The highest BCUT2D eigenvalue weighted by Gasteiger charge is 2.14. The van der Waals surface area contributed by atoms with E-state index in [2.05, 4.69) is 31.1 Å². The van der Waals surface area contributed by atoms with Crippen molar-refractivity contribution in [1.82, 2.24) is 4.98 Å². The Kier molecular flexibility index (Phi) is 3.68. The highest BCUT2D eigenvalue weighted by Crippen LogP contribution is 2.22. The highest BCUT2D eigenvalue weighted by atomic mass is 32.1. The van der Waals surface area contributed by atoms with Crippen molar-refractivity contribution in [2.75, 3.05) is 11.9 Å². The van der Waals surface area contributed by atoms with Gasteiger partial charge in [-0.15, -0.1) is 11.3 Å². The van der Waals surface area contributed by atoms with Crippen LogP contribution in [0.25, 0.3) is 0 Å². The second kappa shape index (κ2) is 4.61. The molecule has 0 saturated heterocycles. The van der Waals surface area contributed by atoms with Crippen molar-refractivity contribution in [3.05, 3.63) is 11.2 Å². The van der Waals surface area contributed by atoms with Crippen LogP contribution in [-0.4, -0.2) is 22.6 Å². The monoisotopic (exact) mass is 228 g/mol. The summed E-state index contributed by atoms with van der Waals surface area (Å²) in [6, 6.07) is 0. The maximum atomic E-state index is 10.7. The lowest BCUT2D eigenvalue weighted by molar-refractivity contribution is 0.0692. The van der Waals surface area contributed by atoms with E-state index in [1.165, 1.54) is 11.3 Å². The quantitative estimate of drug-likeness (QED) is 0.831. The van der Waals surface area contributed by atoms with Gasteiger partial charge in [-0.05, 0) is 11.8 Å². The maximum absolute atomic E-state index is 10.7. The Bertz CT molecular complexity index is 341. The molecule has 5 heteroatoms. The predicted molar refractivity (Wildman–Crippen MR) is 61.6 cm³/mol. The Morgan fingerprint density at radius 2 is 2.27 bits per heavy atom. The van der Waals surface area contributed by atoms with Gasteiger partial charge in [0, 0.05) is 6.54 Å². The lowest BCUT2D eigenvalue weighted by Gasteiger charge is -2.18. The SMILES string of the molecule is CC(C)(C)CCNc1scnc1C(=O)O. The third-order valence-corrected chi connectivity index (χ3v) is 2.71. The molecule has 1 aromatic heterocycles. The molecule has 0 radical (unpaired) electrons. The van der Waals surface area contributed by atoms with Gasteiger partial charge in [0.2, 0.25) is 0 Å². The summed E-state index contributed by atoms with van der Waals surface area (Å²) >= 11 is 1.33. The molecule has 0 amide bonds. The van der Waals surface area contributed by atoms with Gasteiger partial charge in [-0.25, -0.2) is 9.78 Å². The number of thiazole rings is 1. The molecule has 0 spiro atoms. The average Bonchev–Trinajstić information content (AvgIpc) is 2.49. The third-order valence-electron chi connectivity index (χ3n) is 1.93. The second-order valence-corrected chi connectivity index (χ2v) is 5.43. The van der Waals surface area contributed by atoms with E-state index in [9.17, 15) is 4.79 Å². The lowest BCUT2D eigenvalue weighted by Crippen LogP contribution is -2.13. The number of nitrogens with zero attached hydrogens (tertiary/aromatic N) is 1. The van der Waals surface area contributed by atoms with Crippen LogP contribution < -0.4 is 5.32 Å². The number of aromatic nitrogens is 1. The zero-order valence-corrected chi connectivity index (χ0v) is 10.0. The first-order valence-electron chi connectivity index (χ1n) is 4.81. The van der Waals surface area contributed by atoms with Crippen molar-refractivity contribution in [3.63, 3.8) is 0 Å². The Morgan fingerprint density at radius 3 is 2.80 bits per heavy atom. The van der Waals surface area contributed by atoms with Crippen LogP contribution in [0.2, 0.25) is 0 Å². The molecule has 4 nitrogen and oxygen atoms in total. The van der Waals surface area contributed by atoms with E-state index in [0.29, 0.717) is 5.00 Å². The first-order valence-corrected chi connectivity index (χ1v) is 5.69. The summed E-state index contributed by atoms with van der Waals surface area (Å²) in [5.74, 6) is -0.977. The van der Waals surface area contributed by atoms with Gasteiger partial charge in [0.25, 0.3) is 0 Å². The smallest absolute Gasteiger partial charge is 0.357 e. The Balaban J connectivity index is 2.51. The van der Waals surface area contributed by atoms with Crippen molar-refractivity contribution >= 4 is 22.3 Å². The molecule has 0 fully saturated rings. The summed E-state index contributed by atoms with van der Waals surface area (Å²) in [5, 5.41) is 12.6. The minimum absolute atomic E-state index is 0.119. The maximum Gasteiger partial charge on any atom is 0.357 e. The summed E-state index contributed by atoms with van der Waals surface area (Å²) in [6.07, 6.45) is 0.990. The topological polar surface area (TPSA) is 62.2 Å². The van der Waals surface area contributed by atoms with Gasteiger partial charge in [-0.2, -0.15) is 0 Å². The Labute approximate surface area is 93.4 Å². The number of hydrogen-bond donors (Lipinski definition) is 2. The zero-order chi connectivity index (χ0) is 11.5. The molecule has 0 aliphatic heterocycles. The summed E-state index contributed by atoms with van der Waals surface area (Å²) in [7, 11) is 0. The van der Waals surface area contributed by atoms with Gasteiger partial charge in [0.15, 0.2) is 5.69 Å². The number of aromatic carboxylic acids is 1. The van der Waals surface area contributed by atoms with E-state index < -0.39 is 5.97 Å². The molecular formula is C10H16N2O2S. The van der Waals surface area contributed by atoms with Crippen LogP contribution in [-0.2, 0) is 0 Å². The second-order valence-electron chi connectivity index (χ2n) is 4.57. The molecule has 0 saturated carbocycles. The summed E-state index contributed by atoms with van der Waals surface area (Å²) < 4.78 is 0. The van der Waals surface area contributed by atoms with Crippen LogP contribution in [0.1, 0.15) is 37.7 Å². The first-order chi connectivity index (χ1) is 6.90. The average molecular weight is 228 g/mol. The number of nitrogens with one attached hydrogen (secondary N) is 1. The molecule has 0 aliphatic carbocycles. The standard InChI is InChI=1S/C10H16N2O2S/c1-10(2,3)4-5-11-8-7(9(13)14)12-6-15-8/h6,11H,4-5H2,1-3H3,(H,13,14).